The minimum Gasteiger partial charge on any atom is -0.484 e. The van der Waals surface area contributed by atoms with Gasteiger partial charge in [-0.05, 0) is 24.3 Å². The standard InChI is InChI=1S/C11H13BrN2O4/c12-7-1-3-8(4-2-7)18-6-10(16)14-5-9(15)11(13)17/h1-4,9,15H,5-6H2,(H2,13,17)(H,14,16). The molecule has 2 amide bonds. The zero-order chi connectivity index (χ0) is 13.5. The topological polar surface area (TPSA) is 102 Å². The van der Waals surface area contributed by atoms with E-state index < -0.39 is 17.9 Å². The summed E-state index contributed by atoms with van der Waals surface area (Å²) < 4.78 is 6.09. The summed E-state index contributed by atoms with van der Waals surface area (Å²) in [6, 6.07) is 6.97. The maximum Gasteiger partial charge on any atom is 0.258 e. The quantitative estimate of drug-likeness (QED) is 0.676. The number of halogens is 1. The Balaban J connectivity index is 2.29. The normalized spacial score (nSPS) is 11.7. The number of primary amides is 1. The van der Waals surface area contributed by atoms with Gasteiger partial charge in [0.25, 0.3) is 5.91 Å². The van der Waals surface area contributed by atoms with Gasteiger partial charge >= 0.3 is 0 Å². The average molecular weight is 317 g/mol. The number of rotatable bonds is 6. The predicted octanol–water partition coefficient (Wildman–Crippen LogP) is -0.210. The smallest absolute Gasteiger partial charge is 0.258 e. The maximum atomic E-state index is 11.3. The van der Waals surface area contributed by atoms with Gasteiger partial charge in [0.1, 0.15) is 11.9 Å². The molecule has 1 aromatic rings. The molecule has 7 heteroatoms. The molecule has 6 nitrogen and oxygen atoms in total. The molecule has 0 aliphatic heterocycles. The lowest BCUT2D eigenvalue weighted by Gasteiger charge is -2.09. The molecule has 0 spiro atoms. The van der Waals surface area contributed by atoms with Gasteiger partial charge in [0.05, 0.1) is 6.54 Å². The van der Waals surface area contributed by atoms with Crippen molar-refractivity contribution in [1.29, 1.82) is 0 Å². The Morgan fingerprint density at radius 3 is 2.56 bits per heavy atom. The predicted molar refractivity (Wildman–Crippen MR) is 67.8 cm³/mol. The van der Waals surface area contributed by atoms with Gasteiger partial charge in [-0.25, -0.2) is 0 Å². The van der Waals surface area contributed by atoms with Crippen LogP contribution in [0.5, 0.6) is 5.75 Å². The van der Waals surface area contributed by atoms with E-state index in [1.54, 1.807) is 24.3 Å². The fourth-order valence-electron chi connectivity index (χ4n) is 1.04. The van der Waals surface area contributed by atoms with Gasteiger partial charge in [0, 0.05) is 4.47 Å². The highest BCUT2D eigenvalue weighted by molar-refractivity contribution is 9.10. The number of aliphatic hydroxyl groups is 1. The first-order chi connectivity index (χ1) is 8.49. The first-order valence-electron chi connectivity index (χ1n) is 5.11. The van der Waals surface area contributed by atoms with Crippen LogP contribution in [-0.2, 0) is 9.59 Å². The lowest BCUT2D eigenvalue weighted by atomic mass is 10.3. The Bertz CT molecular complexity index is 422. The molecule has 0 fully saturated rings. The van der Waals surface area contributed by atoms with E-state index in [1.807, 2.05) is 0 Å². The average Bonchev–Trinajstić information content (AvgIpc) is 2.35. The Kier molecular flexibility index (Phi) is 5.60. The van der Waals surface area contributed by atoms with Gasteiger partial charge in [0.15, 0.2) is 6.61 Å². The van der Waals surface area contributed by atoms with Crippen molar-refractivity contribution in [2.45, 2.75) is 6.10 Å². The molecule has 1 unspecified atom stereocenters. The molecule has 0 aromatic heterocycles. The van der Waals surface area contributed by atoms with Crippen LogP contribution < -0.4 is 15.8 Å². The van der Waals surface area contributed by atoms with Crippen molar-refractivity contribution in [2.75, 3.05) is 13.2 Å². The van der Waals surface area contributed by atoms with Crippen molar-refractivity contribution in [3.63, 3.8) is 0 Å². The summed E-state index contributed by atoms with van der Waals surface area (Å²) >= 11 is 3.27. The van der Waals surface area contributed by atoms with Gasteiger partial charge in [-0.15, -0.1) is 0 Å². The second-order valence-corrected chi connectivity index (χ2v) is 4.38. The van der Waals surface area contributed by atoms with Crippen molar-refractivity contribution < 1.29 is 19.4 Å². The number of ether oxygens (including phenoxy) is 1. The van der Waals surface area contributed by atoms with Crippen LogP contribution in [0.4, 0.5) is 0 Å². The van der Waals surface area contributed by atoms with Gasteiger partial charge in [-0.3, -0.25) is 9.59 Å². The van der Waals surface area contributed by atoms with Crippen LogP contribution in [0.1, 0.15) is 0 Å². The Morgan fingerprint density at radius 2 is 2.00 bits per heavy atom. The highest BCUT2D eigenvalue weighted by Gasteiger charge is 2.12. The van der Waals surface area contributed by atoms with Crippen LogP contribution in [0.15, 0.2) is 28.7 Å². The molecule has 1 aromatic carbocycles. The van der Waals surface area contributed by atoms with E-state index in [4.69, 9.17) is 15.6 Å². The van der Waals surface area contributed by atoms with E-state index >= 15 is 0 Å². The van der Waals surface area contributed by atoms with Crippen molar-refractivity contribution in [1.82, 2.24) is 5.32 Å². The molecule has 0 saturated carbocycles. The zero-order valence-corrected chi connectivity index (χ0v) is 11.0. The third-order valence-electron chi connectivity index (χ3n) is 2.00. The minimum atomic E-state index is -1.39. The summed E-state index contributed by atoms with van der Waals surface area (Å²) in [4.78, 5) is 21.8. The Morgan fingerprint density at radius 1 is 1.39 bits per heavy atom. The summed E-state index contributed by atoms with van der Waals surface area (Å²) in [5.74, 6) is -0.786. The molecule has 18 heavy (non-hydrogen) atoms. The summed E-state index contributed by atoms with van der Waals surface area (Å²) in [6.45, 7) is -0.426. The Hall–Kier alpha value is -1.60. The van der Waals surface area contributed by atoms with E-state index in [0.29, 0.717) is 5.75 Å². The van der Waals surface area contributed by atoms with Crippen LogP contribution in [0.25, 0.3) is 0 Å². The van der Waals surface area contributed by atoms with E-state index in [0.717, 1.165) is 4.47 Å². The molecule has 0 saturated heterocycles. The summed E-state index contributed by atoms with van der Waals surface area (Å²) in [5, 5.41) is 11.4. The SMILES string of the molecule is NC(=O)C(O)CNC(=O)COc1ccc(Br)cc1. The van der Waals surface area contributed by atoms with Crippen LogP contribution in [0.3, 0.4) is 0 Å². The molecular weight excluding hydrogens is 304 g/mol. The van der Waals surface area contributed by atoms with Gasteiger partial charge in [0.2, 0.25) is 5.91 Å². The third-order valence-corrected chi connectivity index (χ3v) is 2.53. The second-order valence-electron chi connectivity index (χ2n) is 3.46. The number of hydrogen-bond acceptors (Lipinski definition) is 4. The van der Waals surface area contributed by atoms with E-state index in [2.05, 4.69) is 21.2 Å². The number of carbonyl (C=O) groups excluding carboxylic acids is 2. The number of amides is 2. The van der Waals surface area contributed by atoms with Gasteiger partial charge in [-0.1, -0.05) is 15.9 Å². The number of carbonyl (C=O) groups is 2. The molecule has 98 valence electrons. The monoisotopic (exact) mass is 316 g/mol. The molecular formula is C11H13BrN2O4. The van der Waals surface area contributed by atoms with Crippen LogP contribution >= 0.6 is 15.9 Å². The molecule has 1 atom stereocenters. The molecule has 1 rings (SSSR count). The lowest BCUT2D eigenvalue weighted by Crippen LogP contribution is -2.41. The van der Waals surface area contributed by atoms with Crippen molar-refractivity contribution in [3.8, 4) is 5.75 Å². The van der Waals surface area contributed by atoms with E-state index in [-0.39, 0.29) is 13.2 Å². The van der Waals surface area contributed by atoms with Gasteiger partial charge in [-0.2, -0.15) is 0 Å². The summed E-state index contributed by atoms with van der Waals surface area (Å²) in [7, 11) is 0. The second kappa shape index (κ2) is 6.97. The van der Waals surface area contributed by atoms with E-state index in [1.165, 1.54) is 0 Å². The zero-order valence-electron chi connectivity index (χ0n) is 9.43. The number of nitrogens with two attached hydrogens (primary N) is 1. The first-order valence-corrected chi connectivity index (χ1v) is 5.91. The first kappa shape index (κ1) is 14.5. The van der Waals surface area contributed by atoms with E-state index in [9.17, 15) is 9.59 Å². The third kappa shape index (κ3) is 5.15. The maximum absolute atomic E-state index is 11.3. The van der Waals surface area contributed by atoms with Crippen LogP contribution in [0.2, 0.25) is 0 Å². The van der Waals surface area contributed by atoms with Crippen molar-refractivity contribution in [2.24, 2.45) is 5.73 Å². The summed E-state index contributed by atoms with van der Waals surface area (Å²) in [5.41, 5.74) is 4.83. The molecule has 0 heterocycles. The largest absolute Gasteiger partial charge is 0.484 e. The van der Waals surface area contributed by atoms with Crippen LogP contribution in [0, 0.1) is 0 Å². The Labute approximate surface area is 112 Å². The number of aliphatic hydroxyl groups excluding tert-OH is 1. The number of hydrogen-bond donors (Lipinski definition) is 3. The molecule has 0 bridgehead atoms. The highest BCUT2D eigenvalue weighted by atomic mass is 79.9. The molecule has 0 aliphatic rings. The molecule has 4 N–H and O–H groups in total. The van der Waals surface area contributed by atoms with Crippen molar-refractivity contribution >= 4 is 27.7 Å². The lowest BCUT2D eigenvalue weighted by molar-refractivity contribution is -0.127. The van der Waals surface area contributed by atoms with Crippen molar-refractivity contribution in [3.05, 3.63) is 28.7 Å². The van der Waals surface area contributed by atoms with Gasteiger partial charge < -0.3 is 20.9 Å². The summed E-state index contributed by atoms with van der Waals surface area (Å²) in [6.07, 6.45) is -1.39. The molecule has 0 aliphatic carbocycles. The fourth-order valence-corrected chi connectivity index (χ4v) is 1.31. The van der Waals surface area contributed by atoms with Crippen LogP contribution in [-0.4, -0.2) is 36.2 Å². The minimum absolute atomic E-state index is 0.201. The number of nitrogens with one attached hydrogen (secondary N) is 1. The highest BCUT2D eigenvalue weighted by Crippen LogP contribution is 2.15. The number of benzene rings is 1. The fraction of sp³-hybridized carbons (Fsp3) is 0.273. The molecule has 0 radical (unpaired) electrons.